The SMILES string of the molecule is CC(CCN)S(=O)(=O)Cc1ccc(Cl)s1. The summed E-state index contributed by atoms with van der Waals surface area (Å²) >= 11 is 7.04. The number of hydrogen-bond acceptors (Lipinski definition) is 4. The molecule has 15 heavy (non-hydrogen) atoms. The molecule has 6 heteroatoms. The molecular formula is C9H14ClNO2S2. The third kappa shape index (κ3) is 3.75. The van der Waals surface area contributed by atoms with Crippen molar-refractivity contribution in [3.8, 4) is 0 Å². The molecule has 1 heterocycles. The van der Waals surface area contributed by atoms with E-state index in [4.69, 9.17) is 17.3 Å². The van der Waals surface area contributed by atoms with E-state index >= 15 is 0 Å². The first-order chi connectivity index (χ1) is 6.95. The van der Waals surface area contributed by atoms with E-state index in [2.05, 4.69) is 0 Å². The van der Waals surface area contributed by atoms with Crippen molar-refractivity contribution >= 4 is 32.8 Å². The fourth-order valence-corrected chi connectivity index (χ4v) is 4.07. The van der Waals surface area contributed by atoms with Gasteiger partial charge < -0.3 is 5.73 Å². The first kappa shape index (κ1) is 13.0. The Morgan fingerprint density at radius 2 is 2.20 bits per heavy atom. The molecule has 1 aromatic rings. The summed E-state index contributed by atoms with van der Waals surface area (Å²) in [5, 5.41) is -0.386. The predicted molar refractivity (Wildman–Crippen MR) is 65.1 cm³/mol. The number of rotatable bonds is 5. The molecule has 0 aliphatic rings. The summed E-state index contributed by atoms with van der Waals surface area (Å²) < 4.78 is 24.2. The molecule has 3 nitrogen and oxygen atoms in total. The van der Waals surface area contributed by atoms with Crippen LogP contribution in [0.1, 0.15) is 18.2 Å². The van der Waals surface area contributed by atoms with Gasteiger partial charge in [0, 0.05) is 4.88 Å². The first-order valence-electron chi connectivity index (χ1n) is 4.61. The Hall–Kier alpha value is -0.100. The van der Waals surface area contributed by atoms with Crippen molar-refractivity contribution in [2.45, 2.75) is 24.3 Å². The smallest absolute Gasteiger partial charge is 0.157 e. The quantitative estimate of drug-likeness (QED) is 0.888. The number of halogens is 1. The topological polar surface area (TPSA) is 60.2 Å². The summed E-state index contributed by atoms with van der Waals surface area (Å²) in [5.41, 5.74) is 5.34. The number of nitrogens with two attached hydrogens (primary N) is 1. The van der Waals surface area contributed by atoms with Gasteiger partial charge in [0.05, 0.1) is 15.3 Å². The van der Waals surface area contributed by atoms with Crippen LogP contribution < -0.4 is 5.73 Å². The molecule has 0 saturated heterocycles. The maximum absolute atomic E-state index is 11.8. The van der Waals surface area contributed by atoms with Crippen LogP contribution in [-0.4, -0.2) is 20.2 Å². The molecule has 86 valence electrons. The minimum absolute atomic E-state index is 0.0611. The maximum Gasteiger partial charge on any atom is 0.157 e. The van der Waals surface area contributed by atoms with Crippen LogP contribution in [0.3, 0.4) is 0 Å². The fraction of sp³-hybridized carbons (Fsp3) is 0.556. The lowest BCUT2D eigenvalue weighted by atomic mass is 10.3. The molecule has 1 rings (SSSR count). The summed E-state index contributed by atoms with van der Waals surface area (Å²) in [6, 6.07) is 3.46. The van der Waals surface area contributed by atoms with Crippen molar-refractivity contribution in [2.75, 3.05) is 6.54 Å². The van der Waals surface area contributed by atoms with E-state index in [1.807, 2.05) is 0 Å². The van der Waals surface area contributed by atoms with E-state index in [0.717, 1.165) is 4.88 Å². The largest absolute Gasteiger partial charge is 0.330 e. The van der Waals surface area contributed by atoms with E-state index in [1.54, 1.807) is 19.1 Å². The van der Waals surface area contributed by atoms with Crippen LogP contribution in [0.2, 0.25) is 4.34 Å². The summed E-state index contributed by atoms with van der Waals surface area (Å²) in [7, 11) is -3.09. The van der Waals surface area contributed by atoms with E-state index in [0.29, 0.717) is 17.3 Å². The van der Waals surface area contributed by atoms with Crippen molar-refractivity contribution < 1.29 is 8.42 Å². The molecule has 1 unspecified atom stereocenters. The Bertz CT molecular complexity index is 414. The van der Waals surface area contributed by atoms with Crippen molar-refractivity contribution in [1.29, 1.82) is 0 Å². The highest BCUT2D eigenvalue weighted by molar-refractivity contribution is 7.91. The van der Waals surface area contributed by atoms with E-state index in [9.17, 15) is 8.42 Å². The summed E-state index contributed by atoms with van der Waals surface area (Å²) in [4.78, 5) is 0.781. The Balaban J connectivity index is 2.72. The van der Waals surface area contributed by atoms with Gasteiger partial charge in [-0.2, -0.15) is 0 Å². The Morgan fingerprint density at radius 1 is 1.53 bits per heavy atom. The van der Waals surface area contributed by atoms with Crippen LogP contribution in [0.15, 0.2) is 12.1 Å². The minimum atomic E-state index is -3.09. The number of hydrogen-bond donors (Lipinski definition) is 1. The zero-order valence-electron chi connectivity index (χ0n) is 8.44. The van der Waals surface area contributed by atoms with Crippen LogP contribution in [0.25, 0.3) is 0 Å². The van der Waals surface area contributed by atoms with Gasteiger partial charge in [-0.15, -0.1) is 11.3 Å². The summed E-state index contributed by atoms with van der Waals surface area (Å²) in [6.07, 6.45) is 0.501. The molecule has 0 aromatic carbocycles. The zero-order chi connectivity index (χ0) is 11.5. The Labute approximate surface area is 99.2 Å². The maximum atomic E-state index is 11.8. The second kappa shape index (κ2) is 5.30. The van der Waals surface area contributed by atoms with Crippen LogP contribution in [0.5, 0.6) is 0 Å². The van der Waals surface area contributed by atoms with Gasteiger partial charge >= 0.3 is 0 Å². The van der Waals surface area contributed by atoms with E-state index in [-0.39, 0.29) is 11.0 Å². The van der Waals surface area contributed by atoms with Gasteiger partial charge in [-0.3, -0.25) is 0 Å². The highest BCUT2D eigenvalue weighted by atomic mass is 35.5. The molecule has 0 bridgehead atoms. The normalized spacial score (nSPS) is 14.1. The molecule has 0 fully saturated rings. The lowest BCUT2D eigenvalue weighted by Crippen LogP contribution is -2.22. The molecule has 0 amide bonds. The molecular weight excluding hydrogens is 254 g/mol. The van der Waals surface area contributed by atoms with Gasteiger partial charge in [0.2, 0.25) is 0 Å². The van der Waals surface area contributed by atoms with Crippen LogP contribution >= 0.6 is 22.9 Å². The second-order valence-corrected chi connectivity index (χ2v) is 7.62. The minimum Gasteiger partial charge on any atom is -0.330 e. The third-order valence-corrected chi connectivity index (χ3v) is 5.75. The summed E-state index contributed by atoms with van der Waals surface area (Å²) in [5.74, 6) is 0.0611. The van der Waals surface area contributed by atoms with Crippen LogP contribution in [-0.2, 0) is 15.6 Å². The predicted octanol–water partition coefficient (Wildman–Crippen LogP) is 2.05. The Kier molecular flexibility index (Phi) is 4.58. The van der Waals surface area contributed by atoms with Gasteiger partial charge in [-0.05, 0) is 32.0 Å². The average Bonchev–Trinajstić information content (AvgIpc) is 2.50. The van der Waals surface area contributed by atoms with Gasteiger partial charge in [0.25, 0.3) is 0 Å². The van der Waals surface area contributed by atoms with Crippen molar-refractivity contribution in [2.24, 2.45) is 5.73 Å². The molecule has 0 saturated carbocycles. The van der Waals surface area contributed by atoms with E-state index in [1.165, 1.54) is 11.3 Å². The Morgan fingerprint density at radius 3 is 2.67 bits per heavy atom. The molecule has 0 aliphatic heterocycles. The van der Waals surface area contributed by atoms with Crippen LogP contribution in [0, 0.1) is 0 Å². The molecule has 0 radical (unpaired) electrons. The monoisotopic (exact) mass is 267 g/mol. The number of sulfone groups is 1. The average molecular weight is 268 g/mol. The molecule has 1 aromatic heterocycles. The molecule has 2 N–H and O–H groups in total. The zero-order valence-corrected chi connectivity index (χ0v) is 10.8. The molecule has 0 aliphatic carbocycles. The van der Waals surface area contributed by atoms with Crippen molar-refractivity contribution in [3.05, 3.63) is 21.3 Å². The van der Waals surface area contributed by atoms with Gasteiger partial charge in [0.1, 0.15) is 0 Å². The lowest BCUT2D eigenvalue weighted by Gasteiger charge is -2.10. The highest BCUT2D eigenvalue weighted by Crippen LogP contribution is 2.24. The summed E-state index contributed by atoms with van der Waals surface area (Å²) in [6.45, 7) is 2.09. The molecule has 0 spiro atoms. The molecule has 1 atom stereocenters. The fourth-order valence-electron chi connectivity index (χ4n) is 1.18. The van der Waals surface area contributed by atoms with Crippen molar-refractivity contribution in [1.82, 2.24) is 0 Å². The standard InChI is InChI=1S/C9H14ClNO2S2/c1-7(4-5-11)15(12,13)6-8-2-3-9(10)14-8/h2-3,7H,4-6,11H2,1H3. The lowest BCUT2D eigenvalue weighted by molar-refractivity contribution is 0.578. The third-order valence-electron chi connectivity index (χ3n) is 2.16. The van der Waals surface area contributed by atoms with Gasteiger partial charge in [-0.1, -0.05) is 11.6 Å². The second-order valence-electron chi connectivity index (χ2n) is 3.40. The first-order valence-corrected chi connectivity index (χ1v) is 7.52. The van der Waals surface area contributed by atoms with Crippen LogP contribution in [0.4, 0.5) is 0 Å². The van der Waals surface area contributed by atoms with Gasteiger partial charge in [-0.25, -0.2) is 8.42 Å². The number of thiophene rings is 1. The van der Waals surface area contributed by atoms with Gasteiger partial charge in [0.15, 0.2) is 9.84 Å². The van der Waals surface area contributed by atoms with E-state index < -0.39 is 9.84 Å². The van der Waals surface area contributed by atoms with Crippen molar-refractivity contribution in [3.63, 3.8) is 0 Å². The highest BCUT2D eigenvalue weighted by Gasteiger charge is 2.21.